The third-order valence-corrected chi connectivity index (χ3v) is 3.88. The molecular weight excluding hydrogens is 301 g/mol. The molecule has 0 aliphatic heterocycles. The number of sulfonamides is 1. The molecule has 1 aromatic heterocycles. The van der Waals surface area contributed by atoms with Crippen LogP contribution in [0.15, 0.2) is 35.4 Å². The molecule has 0 saturated carbocycles. The lowest BCUT2D eigenvalue weighted by atomic mass is 10.3. The molecule has 0 saturated heterocycles. The van der Waals surface area contributed by atoms with Crippen LogP contribution in [0, 0.1) is 5.82 Å². The number of halogens is 1. The molecule has 112 valence electrons. The van der Waals surface area contributed by atoms with Crippen molar-refractivity contribution in [1.82, 2.24) is 10.2 Å². The highest BCUT2D eigenvalue weighted by Gasteiger charge is 2.23. The summed E-state index contributed by atoms with van der Waals surface area (Å²) in [6.07, 6.45) is 1.12. The largest absolute Gasteiger partial charge is 0.462 e. The van der Waals surface area contributed by atoms with Gasteiger partial charge in [0.15, 0.2) is 0 Å². The number of nitrogens with zero attached hydrogens (tertiary/aromatic N) is 1. The van der Waals surface area contributed by atoms with Gasteiger partial charge >= 0.3 is 5.97 Å². The molecule has 0 spiro atoms. The van der Waals surface area contributed by atoms with Crippen molar-refractivity contribution in [2.24, 2.45) is 0 Å². The van der Waals surface area contributed by atoms with Crippen LogP contribution in [0.1, 0.15) is 17.3 Å². The van der Waals surface area contributed by atoms with Crippen LogP contribution >= 0.6 is 0 Å². The van der Waals surface area contributed by atoms with Crippen LogP contribution in [-0.2, 0) is 14.8 Å². The van der Waals surface area contributed by atoms with Crippen molar-refractivity contribution in [3.05, 3.63) is 41.8 Å². The van der Waals surface area contributed by atoms with Gasteiger partial charge in [-0.05, 0) is 19.1 Å². The molecule has 2 rings (SSSR count). The topological polar surface area (TPSA) is 101 Å². The quantitative estimate of drug-likeness (QED) is 0.815. The summed E-state index contributed by atoms with van der Waals surface area (Å²) in [5.41, 5.74) is -0.0863. The number of benzene rings is 1. The number of ether oxygens (including phenoxy) is 1. The van der Waals surface area contributed by atoms with Crippen LogP contribution in [-0.4, -0.2) is 31.2 Å². The zero-order chi connectivity index (χ0) is 15.5. The molecule has 0 fully saturated rings. The van der Waals surface area contributed by atoms with E-state index < -0.39 is 26.7 Å². The van der Waals surface area contributed by atoms with Gasteiger partial charge < -0.3 is 4.74 Å². The Morgan fingerprint density at radius 1 is 1.43 bits per heavy atom. The molecule has 0 aliphatic rings. The van der Waals surface area contributed by atoms with E-state index in [1.807, 2.05) is 0 Å². The first-order chi connectivity index (χ1) is 9.95. The predicted octanol–water partition coefficient (Wildman–Crippen LogP) is 1.53. The first-order valence-electron chi connectivity index (χ1n) is 5.93. The fourth-order valence-corrected chi connectivity index (χ4v) is 2.70. The second-order valence-electron chi connectivity index (χ2n) is 3.92. The normalized spacial score (nSPS) is 11.1. The third kappa shape index (κ3) is 3.19. The smallest absolute Gasteiger partial charge is 0.343 e. The average Bonchev–Trinajstić information content (AvgIpc) is 2.86. The molecule has 0 amide bonds. The van der Waals surface area contributed by atoms with Crippen molar-refractivity contribution < 1.29 is 22.3 Å². The lowest BCUT2D eigenvalue weighted by molar-refractivity contribution is 0.0527. The maximum atomic E-state index is 13.6. The number of carbonyl (C=O) groups is 1. The average molecular weight is 313 g/mol. The number of hydrogen-bond donors (Lipinski definition) is 2. The lowest BCUT2D eigenvalue weighted by Crippen LogP contribution is -2.17. The Morgan fingerprint density at radius 2 is 2.14 bits per heavy atom. The Labute approximate surface area is 120 Å². The third-order valence-electron chi connectivity index (χ3n) is 2.50. The molecular formula is C12H12FN3O4S. The molecule has 0 unspecified atom stereocenters. The van der Waals surface area contributed by atoms with Crippen molar-refractivity contribution in [3.8, 4) is 0 Å². The van der Waals surface area contributed by atoms with Crippen LogP contribution in [0.2, 0.25) is 0 Å². The summed E-state index contributed by atoms with van der Waals surface area (Å²) >= 11 is 0. The monoisotopic (exact) mass is 313 g/mol. The van der Waals surface area contributed by atoms with E-state index in [0.717, 1.165) is 18.3 Å². The van der Waals surface area contributed by atoms with Gasteiger partial charge in [0.05, 0.1) is 12.8 Å². The number of H-pyrrole nitrogens is 1. The van der Waals surface area contributed by atoms with E-state index in [1.54, 1.807) is 6.92 Å². The highest BCUT2D eigenvalue weighted by molar-refractivity contribution is 7.92. The molecule has 9 heteroatoms. The first-order valence-corrected chi connectivity index (χ1v) is 7.42. The maximum absolute atomic E-state index is 13.6. The van der Waals surface area contributed by atoms with Gasteiger partial charge in [0.2, 0.25) is 0 Å². The molecule has 0 aliphatic carbocycles. The second kappa shape index (κ2) is 5.92. The number of esters is 1. The fraction of sp³-hybridized carbons (Fsp3) is 0.167. The van der Waals surface area contributed by atoms with E-state index in [0.29, 0.717) is 0 Å². The van der Waals surface area contributed by atoms with Crippen LogP contribution < -0.4 is 4.72 Å². The van der Waals surface area contributed by atoms with Crippen molar-refractivity contribution in [2.45, 2.75) is 11.8 Å². The molecule has 1 heterocycles. The van der Waals surface area contributed by atoms with Crippen molar-refractivity contribution in [3.63, 3.8) is 0 Å². The summed E-state index contributed by atoms with van der Waals surface area (Å²) < 4.78 is 44.6. The summed E-state index contributed by atoms with van der Waals surface area (Å²) in [7, 11) is -4.19. The van der Waals surface area contributed by atoms with Crippen molar-refractivity contribution in [2.75, 3.05) is 11.3 Å². The fourth-order valence-electron chi connectivity index (χ4n) is 1.58. The number of hydrogen-bond acceptors (Lipinski definition) is 5. The molecule has 0 radical (unpaired) electrons. The van der Waals surface area contributed by atoms with E-state index in [2.05, 4.69) is 14.9 Å². The summed E-state index contributed by atoms with van der Waals surface area (Å²) in [6, 6.07) is 4.89. The number of anilines is 1. The Bertz CT molecular complexity index is 757. The minimum absolute atomic E-state index is 0.0863. The second-order valence-corrected chi connectivity index (χ2v) is 5.57. The number of aromatic amines is 1. The maximum Gasteiger partial charge on any atom is 0.343 e. The predicted molar refractivity (Wildman–Crippen MR) is 71.8 cm³/mol. The zero-order valence-electron chi connectivity index (χ0n) is 11.0. The Hall–Kier alpha value is -2.42. The number of nitrogens with one attached hydrogen (secondary N) is 2. The standard InChI is InChI=1S/C12H12FN3O4S/c1-2-20-12(17)8-7-14-15-11(8)16-21(18,19)10-6-4-3-5-9(10)13/h3-7H,2H2,1H3,(H2,14,15,16). The Morgan fingerprint density at radius 3 is 2.81 bits per heavy atom. The van der Waals surface area contributed by atoms with E-state index in [9.17, 15) is 17.6 Å². The molecule has 2 aromatic rings. The van der Waals surface area contributed by atoms with Gasteiger partial charge in [0, 0.05) is 0 Å². The summed E-state index contributed by atoms with van der Waals surface area (Å²) in [5, 5.41) is 5.91. The molecule has 21 heavy (non-hydrogen) atoms. The number of carbonyl (C=O) groups excluding carboxylic acids is 1. The minimum atomic E-state index is -4.19. The van der Waals surface area contributed by atoms with Gasteiger partial charge in [0.25, 0.3) is 10.0 Å². The van der Waals surface area contributed by atoms with Gasteiger partial charge in [-0.3, -0.25) is 9.82 Å². The number of rotatable bonds is 5. The van der Waals surface area contributed by atoms with Gasteiger partial charge in [-0.25, -0.2) is 17.6 Å². The molecule has 0 atom stereocenters. The number of aromatic nitrogens is 2. The minimum Gasteiger partial charge on any atom is -0.462 e. The van der Waals surface area contributed by atoms with Crippen LogP contribution in [0.5, 0.6) is 0 Å². The highest BCUT2D eigenvalue weighted by Crippen LogP contribution is 2.20. The molecule has 1 aromatic carbocycles. The van der Waals surface area contributed by atoms with Gasteiger partial charge in [-0.2, -0.15) is 5.10 Å². The summed E-state index contributed by atoms with van der Waals surface area (Å²) in [4.78, 5) is 11.1. The van der Waals surface area contributed by atoms with E-state index in [-0.39, 0.29) is 18.0 Å². The highest BCUT2D eigenvalue weighted by atomic mass is 32.2. The Kier molecular flexibility index (Phi) is 4.22. The van der Waals surface area contributed by atoms with E-state index in [4.69, 9.17) is 4.74 Å². The molecule has 0 bridgehead atoms. The lowest BCUT2D eigenvalue weighted by Gasteiger charge is -2.08. The van der Waals surface area contributed by atoms with Crippen LogP contribution in [0.4, 0.5) is 10.2 Å². The van der Waals surface area contributed by atoms with Gasteiger partial charge in [0.1, 0.15) is 22.1 Å². The SMILES string of the molecule is CCOC(=O)c1cn[nH]c1NS(=O)(=O)c1ccccc1F. The molecule has 7 nitrogen and oxygen atoms in total. The summed E-state index contributed by atoms with van der Waals surface area (Å²) in [6.45, 7) is 1.74. The first kappa shape index (κ1) is 15.0. The Balaban J connectivity index is 2.33. The van der Waals surface area contributed by atoms with E-state index in [1.165, 1.54) is 12.1 Å². The van der Waals surface area contributed by atoms with Crippen LogP contribution in [0.3, 0.4) is 0 Å². The van der Waals surface area contributed by atoms with Crippen molar-refractivity contribution in [1.29, 1.82) is 0 Å². The van der Waals surface area contributed by atoms with Crippen molar-refractivity contribution >= 4 is 21.8 Å². The zero-order valence-corrected chi connectivity index (χ0v) is 11.8. The van der Waals surface area contributed by atoms with E-state index >= 15 is 0 Å². The van der Waals surface area contributed by atoms with Gasteiger partial charge in [-0.1, -0.05) is 12.1 Å². The van der Waals surface area contributed by atoms with Crippen LogP contribution in [0.25, 0.3) is 0 Å². The van der Waals surface area contributed by atoms with Gasteiger partial charge in [-0.15, -0.1) is 0 Å². The molecule has 2 N–H and O–H groups in total. The summed E-state index contributed by atoms with van der Waals surface area (Å²) in [5.74, 6) is -1.82.